The number of rotatable bonds is 7. The van der Waals surface area contributed by atoms with E-state index in [0.29, 0.717) is 12.0 Å². The van der Waals surface area contributed by atoms with Gasteiger partial charge in [-0.25, -0.2) is 8.42 Å². The molecule has 1 amide bonds. The van der Waals surface area contributed by atoms with Crippen LogP contribution in [0.1, 0.15) is 50.2 Å². The fourth-order valence-corrected chi connectivity index (χ4v) is 4.37. The molecule has 1 aliphatic carbocycles. The van der Waals surface area contributed by atoms with Crippen LogP contribution in [0.3, 0.4) is 0 Å². The molecule has 0 aliphatic heterocycles. The van der Waals surface area contributed by atoms with Crippen molar-refractivity contribution in [3.8, 4) is 6.07 Å². The van der Waals surface area contributed by atoms with E-state index >= 15 is 0 Å². The fourth-order valence-electron chi connectivity index (χ4n) is 2.91. The van der Waals surface area contributed by atoms with Crippen molar-refractivity contribution in [2.45, 2.75) is 39.0 Å². The van der Waals surface area contributed by atoms with Gasteiger partial charge in [-0.2, -0.15) is 5.26 Å². The number of sulfonamides is 1. The quantitative estimate of drug-likeness (QED) is 0.830. The van der Waals surface area contributed by atoms with Crippen molar-refractivity contribution in [2.75, 3.05) is 5.75 Å². The number of hydrogen-bond acceptors (Lipinski definition) is 4. The zero-order valence-electron chi connectivity index (χ0n) is 13.5. The number of nitrogens with one attached hydrogen (secondary N) is 1. The number of carbonyl (C=O) groups is 1. The summed E-state index contributed by atoms with van der Waals surface area (Å²) in [6, 6.07) is 9.19. The molecule has 23 heavy (non-hydrogen) atoms. The lowest BCUT2D eigenvalue weighted by molar-refractivity contribution is -0.120. The molecule has 0 radical (unpaired) electrons. The van der Waals surface area contributed by atoms with Crippen LogP contribution in [0.15, 0.2) is 24.3 Å². The summed E-state index contributed by atoms with van der Waals surface area (Å²) in [5, 5.41) is 8.91. The minimum atomic E-state index is -3.58. The average molecular weight is 334 g/mol. The summed E-state index contributed by atoms with van der Waals surface area (Å²) in [4.78, 5) is 12.1. The summed E-state index contributed by atoms with van der Waals surface area (Å²) in [6.07, 6.45) is 2.37. The zero-order valence-corrected chi connectivity index (χ0v) is 14.3. The number of carbonyl (C=O) groups excluding carboxylic acids is 1. The van der Waals surface area contributed by atoms with Crippen LogP contribution in [0.25, 0.3) is 0 Å². The van der Waals surface area contributed by atoms with E-state index in [0.717, 1.165) is 18.4 Å². The second-order valence-electron chi connectivity index (χ2n) is 6.33. The van der Waals surface area contributed by atoms with Crippen molar-refractivity contribution in [1.82, 2.24) is 4.72 Å². The van der Waals surface area contributed by atoms with Gasteiger partial charge in [0, 0.05) is 5.92 Å². The summed E-state index contributed by atoms with van der Waals surface area (Å²) < 4.78 is 26.3. The summed E-state index contributed by atoms with van der Waals surface area (Å²) in [6.45, 7) is 3.88. The van der Waals surface area contributed by atoms with Gasteiger partial charge in [-0.05, 0) is 42.4 Å². The van der Waals surface area contributed by atoms with E-state index in [-0.39, 0.29) is 23.5 Å². The summed E-state index contributed by atoms with van der Waals surface area (Å²) in [5.74, 6) is -0.728. The monoisotopic (exact) mass is 334 g/mol. The molecule has 0 saturated heterocycles. The van der Waals surface area contributed by atoms with Gasteiger partial charge in [0.15, 0.2) is 0 Å². The molecule has 0 spiro atoms. The normalized spacial score (nSPS) is 21.3. The lowest BCUT2D eigenvalue weighted by Crippen LogP contribution is -2.35. The molecule has 1 aromatic carbocycles. The molecular weight excluding hydrogens is 312 g/mol. The van der Waals surface area contributed by atoms with Gasteiger partial charge in [0.05, 0.1) is 17.4 Å². The van der Waals surface area contributed by atoms with E-state index in [4.69, 9.17) is 5.26 Å². The molecule has 1 N–H and O–H groups in total. The highest BCUT2D eigenvalue weighted by atomic mass is 32.2. The maximum Gasteiger partial charge on any atom is 0.237 e. The largest absolute Gasteiger partial charge is 0.274 e. The van der Waals surface area contributed by atoms with Crippen molar-refractivity contribution in [3.63, 3.8) is 0 Å². The Balaban J connectivity index is 1.94. The molecule has 0 bridgehead atoms. The first-order valence-corrected chi connectivity index (χ1v) is 9.56. The number of amides is 1. The van der Waals surface area contributed by atoms with E-state index in [1.165, 1.54) is 0 Å². The first kappa shape index (κ1) is 17.5. The Morgan fingerprint density at radius 1 is 1.48 bits per heavy atom. The van der Waals surface area contributed by atoms with Crippen LogP contribution in [0, 0.1) is 23.2 Å². The van der Waals surface area contributed by atoms with Gasteiger partial charge < -0.3 is 0 Å². The molecule has 124 valence electrons. The summed E-state index contributed by atoms with van der Waals surface area (Å²) in [7, 11) is -3.58. The Hall–Kier alpha value is -1.87. The van der Waals surface area contributed by atoms with E-state index in [2.05, 4.69) is 10.8 Å². The Morgan fingerprint density at radius 2 is 2.22 bits per heavy atom. The van der Waals surface area contributed by atoms with Crippen LogP contribution in [0.2, 0.25) is 0 Å². The van der Waals surface area contributed by atoms with Crippen molar-refractivity contribution in [1.29, 1.82) is 5.26 Å². The third kappa shape index (κ3) is 4.80. The molecule has 0 heterocycles. The van der Waals surface area contributed by atoms with Gasteiger partial charge in [-0.3, -0.25) is 9.52 Å². The summed E-state index contributed by atoms with van der Waals surface area (Å²) >= 11 is 0. The van der Waals surface area contributed by atoms with Crippen molar-refractivity contribution in [3.05, 3.63) is 35.4 Å². The Bertz CT molecular complexity index is 722. The summed E-state index contributed by atoms with van der Waals surface area (Å²) in [5.41, 5.74) is 1.47. The number of hydrogen-bond donors (Lipinski definition) is 1. The SMILES string of the molecule is CCC[C@H](C)CS(=O)(=O)NC(=O)[C@@H]1C[C@H]1c1cccc(C#N)c1. The lowest BCUT2D eigenvalue weighted by atomic mass is 10.1. The van der Waals surface area contributed by atoms with E-state index in [1.807, 2.05) is 19.9 Å². The smallest absolute Gasteiger partial charge is 0.237 e. The average Bonchev–Trinajstić information content (AvgIpc) is 3.27. The molecule has 0 aromatic heterocycles. The highest BCUT2D eigenvalue weighted by Gasteiger charge is 2.45. The van der Waals surface area contributed by atoms with Gasteiger partial charge in [0.1, 0.15) is 0 Å². The molecule has 6 heteroatoms. The molecule has 3 atom stereocenters. The zero-order chi connectivity index (χ0) is 17.0. The fraction of sp³-hybridized carbons (Fsp3) is 0.529. The van der Waals surface area contributed by atoms with Crippen LogP contribution in [-0.2, 0) is 14.8 Å². The van der Waals surface area contributed by atoms with Crippen molar-refractivity contribution in [2.24, 2.45) is 11.8 Å². The lowest BCUT2D eigenvalue weighted by Gasteiger charge is -2.11. The second-order valence-corrected chi connectivity index (χ2v) is 8.09. The predicted octanol–water partition coefficient (Wildman–Crippen LogP) is 2.54. The van der Waals surface area contributed by atoms with Gasteiger partial charge in [-0.1, -0.05) is 32.4 Å². The molecule has 1 aromatic rings. The molecule has 1 aliphatic rings. The molecule has 2 rings (SSSR count). The Kier molecular flexibility index (Phi) is 5.42. The van der Waals surface area contributed by atoms with E-state index in [9.17, 15) is 13.2 Å². The predicted molar refractivity (Wildman–Crippen MR) is 88.0 cm³/mol. The topological polar surface area (TPSA) is 87.0 Å². The van der Waals surface area contributed by atoms with Crippen LogP contribution >= 0.6 is 0 Å². The van der Waals surface area contributed by atoms with Crippen LogP contribution < -0.4 is 4.72 Å². The standard InChI is InChI=1S/C17H22N2O3S/c1-3-5-12(2)11-23(21,22)19-17(20)16-9-15(16)14-7-4-6-13(8-14)10-18/h4,6-8,12,15-16H,3,5,9,11H2,1-2H3,(H,19,20)/t12-,15-,16+/m0/s1. The molecular formula is C17H22N2O3S. The van der Waals surface area contributed by atoms with Crippen LogP contribution in [-0.4, -0.2) is 20.1 Å². The van der Waals surface area contributed by atoms with Gasteiger partial charge in [0.2, 0.25) is 15.9 Å². The number of nitrogens with zero attached hydrogens (tertiary/aromatic N) is 1. The minimum Gasteiger partial charge on any atom is -0.274 e. The molecule has 5 nitrogen and oxygen atoms in total. The van der Waals surface area contributed by atoms with E-state index < -0.39 is 15.9 Å². The third-order valence-corrected chi connectivity index (χ3v) is 5.63. The first-order chi connectivity index (χ1) is 10.9. The maximum absolute atomic E-state index is 12.1. The maximum atomic E-state index is 12.1. The van der Waals surface area contributed by atoms with Gasteiger partial charge in [-0.15, -0.1) is 0 Å². The molecule has 1 saturated carbocycles. The molecule has 1 fully saturated rings. The second kappa shape index (κ2) is 7.14. The Morgan fingerprint density at radius 3 is 2.87 bits per heavy atom. The Labute approximate surface area is 137 Å². The van der Waals surface area contributed by atoms with E-state index in [1.54, 1.807) is 18.2 Å². The molecule has 0 unspecified atom stereocenters. The van der Waals surface area contributed by atoms with Crippen molar-refractivity contribution < 1.29 is 13.2 Å². The first-order valence-electron chi connectivity index (χ1n) is 7.90. The highest BCUT2D eigenvalue weighted by Crippen LogP contribution is 2.47. The number of nitriles is 1. The third-order valence-electron chi connectivity index (χ3n) is 4.11. The minimum absolute atomic E-state index is 0.00608. The van der Waals surface area contributed by atoms with Crippen LogP contribution in [0.5, 0.6) is 0 Å². The van der Waals surface area contributed by atoms with Crippen LogP contribution in [0.4, 0.5) is 0 Å². The van der Waals surface area contributed by atoms with Gasteiger partial charge >= 0.3 is 0 Å². The van der Waals surface area contributed by atoms with Crippen molar-refractivity contribution >= 4 is 15.9 Å². The van der Waals surface area contributed by atoms with Gasteiger partial charge in [0.25, 0.3) is 0 Å². The number of benzene rings is 1. The highest BCUT2D eigenvalue weighted by molar-refractivity contribution is 7.90.